The van der Waals surface area contributed by atoms with E-state index in [4.69, 9.17) is 4.74 Å². The Morgan fingerprint density at radius 1 is 1.00 bits per heavy atom. The first kappa shape index (κ1) is 21.4. The van der Waals surface area contributed by atoms with Gasteiger partial charge in [0, 0.05) is 25.9 Å². The molecule has 10 heteroatoms. The molecular formula is C21H28N8OS. The van der Waals surface area contributed by atoms with Gasteiger partial charge in [0.25, 0.3) is 5.95 Å². The molecule has 1 aromatic carbocycles. The maximum atomic E-state index is 5.77. The first-order valence-corrected chi connectivity index (χ1v) is 11.6. The molecule has 1 N–H and O–H groups in total. The van der Waals surface area contributed by atoms with Crippen LogP contribution in [0.5, 0.6) is 5.75 Å². The normalized spacial score (nSPS) is 14.3. The minimum absolute atomic E-state index is 0.467. The molecule has 1 aliphatic rings. The van der Waals surface area contributed by atoms with E-state index in [0.29, 0.717) is 29.6 Å². The number of thioether (sulfide) groups is 1. The van der Waals surface area contributed by atoms with E-state index in [2.05, 4.69) is 42.2 Å². The number of anilines is 2. The fraction of sp³-hybridized carbons (Fsp3) is 0.476. The third-order valence-corrected chi connectivity index (χ3v) is 5.82. The second-order valence-corrected chi connectivity index (χ2v) is 8.45. The number of aromatic nitrogens is 6. The minimum atomic E-state index is 0.467. The van der Waals surface area contributed by atoms with E-state index in [9.17, 15) is 0 Å². The molecule has 0 bridgehead atoms. The van der Waals surface area contributed by atoms with Crippen molar-refractivity contribution in [3.63, 3.8) is 0 Å². The second kappa shape index (κ2) is 10.4. The third-order valence-electron chi connectivity index (χ3n) is 5.00. The Hall–Kier alpha value is -2.88. The predicted octanol–water partition coefficient (Wildman–Crippen LogP) is 3.35. The van der Waals surface area contributed by atoms with Gasteiger partial charge >= 0.3 is 0 Å². The molecule has 2 aromatic heterocycles. The molecule has 0 aliphatic carbocycles. The highest BCUT2D eigenvalue weighted by Crippen LogP contribution is 2.19. The largest absolute Gasteiger partial charge is 0.493 e. The smallest absolute Gasteiger partial charge is 0.258 e. The van der Waals surface area contributed by atoms with Gasteiger partial charge in [0.1, 0.15) is 12.1 Å². The van der Waals surface area contributed by atoms with Crippen LogP contribution in [0, 0.1) is 6.92 Å². The average Bonchev–Trinajstić information content (AvgIpc) is 3.10. The second-order valence-electron chi connectivity index (χ2n) is 7.39. The van der Waals surface area contributed by atoms with Crippen molar-refractivity contribution in [2.75, 3.05) is 42.7 Å². The number of nitrogens with zero attached hydrogens (tertiary/aromatic N) is 7. The monoisotopic (exact) mass is 440 g/mol. The SMILES string of the molecule is CNc1nc(N2CCCCCC2)nc(-n2cnc(SCCOc3ccc(C)cc3)n2)n1. The van der Waals surface area contributed by atoms with E-state index in [-0.39, 0.29) is 0 Å². The minimum Gasteiger partial charge on any atom is -0.493 e. The highest BCUT2D eigenvalue weighted by atomic mass is 32.2. The molecule has 164 valence electrons. The number of hydrogen-bond donors (Lipinski definition) is 1. The fourth-order valence-corrected chi connectivity index (χ4v) is 3.93. The molecule has 0 amide bonds. The highest BCUT2D eigenvalue weighted by Gasteiger charge is 2.17. The van der Waals surface area contributed by atoms with Crippen LogP contribution in [0.1, 0.15) is 31.2 Å². The van der Waals surface area contributed by atoms with Gasteiger partial charge in [-0.05, 0) is 31.9 Å². The zero-order valence-electron chi connectivity index (χ0n) is 18.0. The summed E-state index contributed by atoms with van der Waals surface area (Å²) in [5.41, 5.74) is 1.22. The summed E-state index contributed by atoms with van der Waals surface area (Å²) in [6, 6.07) is 8.05. The molecule has 9 nitrogen and oxygen atoms in total. The van der Waals surface area contributed by atoms with Crippen molar-refractivity contribution in [1.29, 1.82) is 0 Å². The maximum Gasteiger partial charge on any atom is 0.258 e. The number of ether oxygens (including phenoxy) is 1. The van der Waals surface area contributed by atoms with Crippen molar-refractivity contribution < 1.29 is 4.74 Å². The number of benzene rings is 1. The molecule has 0 unspecified atom stereocenters. The van der Waals surface area contributed by atoms with Crippen LogP contribution in [0.4, 0.5) is 11.9 Å². The summed E-state index contributed by atoms with van der Waals surface area (Å²) in [6.45, 7) is 4.57. The van der Waals surface area contributed by atoms with Gasteiger partial charge < -0.3 is 15.0 Å². The van der Waals surface area contributed by atoms with Gasteiger partial charge in [0.15, 0.2) is 0 Å². The Morgan fingerprint density at radius 3 is 2.48 bits per heavy atom. The van der Waals surface area contributed by atoms with Crippen molar-refractivity contribution in [3.8, 4) is 11.7 Å². The molecule has 31 heavy (non-hydrogen) atoms. The van der Waals surface area contributed by atoms with Gasteiger partial charge in [-0.2, -0.15) is 19.6 Å². The average molecular weight is 441 g/mol. The van der Waals surface area contributed by atoms with E-state index in [1.807, 2.05) is 31.3 Å². The van der Waals surface area contributed by atoms with Crippen LogP contribution in [0.3, 0.4) is 0 Å². The molecular weight excluding hydrogens is 412 g/mol. The third kappa shape index (κ3) is 5.84. The fourth-order valence-electron chi connectivity index (χ4n) is 3.32. The lowest BCUT2D eigenvalue weighted by Crippen LogP contribution is -2.27. The molecule has 0 radical (unpaired) electrons. The molecule has 3 aromatic rings. The van der Waals surface area contributed by atoms with Crippen LogP contribution in [-0.2, 0) is 0 Å². The van der Waals surface area contributed by atoms with E-state index in [1.54, 1.807) is 11.0 Å². The highest BCUT2D eigenvalue weighted by molar-refractivity contribution is 7.99. The van der Waals surface area contributed by atoms with Gasteiger partial charge in [0.2, 0.25) is 17.1 Å². The number of hydrogen-bond acceptors (Lipinski definition) is 9. The van der Waals surface area contributed by atoms with Crippen molar-refractivity contribution in [1.82, 2.24) is 29.7 Å². The number of aryl methyl sites for hydroxylation is 1. The van der Waals surface area contributed by atoms with Crippen molar-refractivity contribution >= 4 is 23.7 Å². The quantitative estimate of drug-likeness (QED) is 0.418. The van der Waals surface area contributed by atoms with Gasteiger partial charge in [-0.25, -0.2) is 4.98 Å². The van der Waals surface area contributed by atoms with Gasteiger partial charge in [-0.3, -0.25) is 0 Å². The van der Waals surface area contributed by atoms with Crippen LogP contribution in [0.2, 0.25) is 0 Å². The Balaban J connectivity index is 1.39. The van der Waals surface area contributed by atoms with Gasteiger partial charge in [0.05, 0.1) is 6.61 Å². The lowest BCUT2D eigenvalue weighted by molar-refractivity contribution is 0.344. The Bertz CT molecular complexity index is 970. The lowest BCUT2D eigenvalue weighted by Gasteiger charge is -2.20. The Labute approximate surface area is 186 Å². The van der Waals surface area contributed by atoms with Crippen molar-refractivity contribution in [2.45, 2.75) is 37.8 Å². The van der Waals surface area contributed by atoms with Crippen molar-refractivity contribution in [2.24, 2.45) is 0 Å². The molecule has 4 rings (SSSR count). The standard InChI is InChI=1S/C21H28N8OS/c1-16-7-9-17(10-8-16)30-13-14-31-21-23-15-29(27-21)20-25-18(22-2)24-19(26-20)28-11-5-3-4-6-12-28/h7-10,15H,3-6,11-14H2,1-2H3,(H,22,24,25,26). The van der Waals surface area contributed by atoms with Gasteiger partial charge in [-0.15, -0.1) is 5.10 Å². The summed E-state index contributed by atoms with van der Waals surface area (Å²) < 4.78 is 7.37. The van der Waals surface area contributed by atoms with Crippen LogP contribution < -0.4 is 15.0 Å². The topological polar surface area (TPSA) is 93.9 Å². The molecule has 0 spiro atoms. The summed E-state index contributed by atoms with van der Waals surface area (Å²) in [5.74, 6) is 3.30. The first-order chi connectivity index (χ1) is 15.2. The zero-order valence-corrected chi connectivity index (χ0v) is 18.8. The maximum absolute atomic E-state index is 5.77. The molecule has 1 fully saturated rings. The summed E-state index contributed by atoms with van der Waals surface area (Å²) in [5, 5.41) is 8.22. The van der Waals surface area contributed by atoms with Gasteiger partial charge in [-0.1, -0.05) is 42.3 Å². The van der Waals surface area contributed by atoms with Crippen LogP contribution in [0.25, 0.3) is 5.95 Å². The van der Waals surface area contributed by atoms with E-state index in [1.165, 1.54) is 30.2 Å². The lowest BCUT2D eigenvalue weighted by atomic mass is 10.2. The van der Waals surface area contributed by atoms with Crippen LogP contribution >= 0.6 is 11.8 Å². The Kier molecular flexibility index (Phi) is 7.18. The molecule has 1 saturated heterocycles. The summed E-state index contributed by atoms with van der Waals surface area (Å²) in [4.78, 5) is 20.3. The van der Waals surface area contributed by atoms with Crippen molar-refractivity contribution in [3.05, 3.63) is 36.2 Å². The van der Waals surface area contributed by atoms with Crippen LogP contribution in [-0.4, -0.2) is 62.2 Å². The first-order valence-electron chi connectivity index (χ1n) is 10.6. The molecule has 3 heterocycles. The zero-order chi connectivity index (χ0) is 21.5. The summed E-state index contributed by atoms with van der Waals surface area (Å²) in [6.07, 6.45) is 6.47. The van der Waals surface area contributed by atoms with E-state index in [0.717, 1.165) is 37.4 Å². The molecule has 1 aliphatic heterocycles. The van der Waals surface area contributed by atoms with E-state index >= 15 is 0 Å². The summed E-state index contributed by atoms with van der Waals surface area (Å²) >= 11 is 1.54. The number of nitrogens with one attached hydrogen (secondary N) is 1. The number of rotatable bonds is 8. The molecule has 0 saturated carbocycles. The summed E-state index contributed by atoms with van der Waals surface area (Å²) in [7, 11) is 1.81. The molecule has 0 atom stereocenters. The Morgan fingerprint density at radius 2 is 1.74 bits per heavy atom. The van der Waals surface area contributed by atoms with E-state index < -0.39 is 0 Å². The van der Waals surface area contributed by atoms with Crippen LogP contribution in [0.15, 0.2) is 35.7 Å². The predicted molar refractivity (Wildman–Crippen MR) is 122 cm³/mol.